The summed E-state index contributed by atoms with van der Waals surface area (Å²) in [5.41, 5.74) is 0. The van der Waals surface area contributed by atoms with Gasteiger partial charge < -0.3 is 15.5 Å². The van der Waals surface area contributed by atoms with Gasteiger partial charge in [0, 0.05) is 31.4 Å². The summed E-state index contributed by atoms with van der Waals surface area (Å²) in [5.74, 6) is 3.12. The summed E-state index contributed by atoms with van der Waals surface area (Å²) in [6.07, 6.45) is 9.71. The number of hydrogen-bond acceptors (Lipinski definition) is 3. The maximum Gasteiger partial charge on any atom is 0.191 e. The molecule has 1 aliphatic carbocycles. The van der Waals surface area contributed by atoms with Crippen molar-refractivity contribution in [3.8, 4) is 0 Å². The molecule has 23 heavy (non-hydrogen) atoms. The van der Waals surface area contributed by atoms with Crippen molar-refractivity contribution in [2.75, 3.05) is 40.0 Å². The fraction of sp³-hybridized carbons (Fsp3) is 0.941. The van der Waals surface area contributed by atoms with Gasteiger partial charge in [0.1, 0.15) is 0 Å². The first kappa shape index (κ1) is 21.4. The van der Waals surface area contributed by atoms with Crippen LogP contribution in [0.15, 0.2) is 4.99 Å². The summed E-state index contributed by atoms with van der Waals surface area (Å²) in [5, 5.41) is 7.83. The quantitative estimate of drug-likeness (QED) is 0.368. The Kier molecular flexibility index (Phi) is 10.9. The van der Waals surface area contributed by atoms with E-state index < -0.39 is 0 Å². The zero-order valence-corrected chi connectivity index (χ0v) is 18.2. The Bertz CT molecular complexity index is 339. The number of aliphatic imine (C=N–C) groups is 1. The summed E-state index contributed by atoms with van der Waals surface area (Å²) in [4.78, 5) is 6.78. The van der Waals surface area contributed by atoms with Crippen molar-refractivity contribution < 1.29 is 0 Å². The Hall–Kier alpha value is 0.310. The Morgan fingerprint density at radius 1 is 1.13 bits per heavy atom. The monoisotopic (exact) mass is 454 g/mol. The van der Waals surface area contributed by atoms with Crippen LogP contribution in [0.5, 0.6) is 0 Å². The molecular formula is C17H35IN4S. The highest BCUT2D eigenvalue weighted by Gasteiger charge is 2.25. The van der Waals surface area contributed by atoms with Gasteiger partial charge in [-0.3, -0.25) is 4.99 Å². The molecule has 0 radical (unpaired) electrons. The van der Waals surface area contributed by atoms with Crippen molar-refractivity contribution in [2.45, 2.75) is 56.2 Å². The molecule has 2 atom stereocenters. The third kappa shape index (κ3) is 7.38. The molecule has 2 N–H and O–H groups in total. The Balaban J connectivity index is 0.00000264. The molecule has 2 fully saturated rings. The van der Waals surface area contributed by atoms with Gasteiger partial charge >= 0.3 is 0 Å². The molecule has 0 spiro atoms. The Morgan fingerprint density at radius 3 is 2.43 bits per heavy atom. The summed E-state index contributed by atoms with van der Waals surface area (Å²) in [7, 11) is 6.31. The summed E-state index contributed by atoms with van der Waals surface area (Å²) < 4.78 is 0. The first-order valence-corrected chi connectivity index (χ1v) is 9.98. The molecule has 2 aliphatic rings. The van der Waals surface area contributed by atoms with E-state index in [4.69, 9.17) is 0 Å². The highest BCUT2D eigenvalue weighted by molar-refractivity contribution is 14.0. The molecule has 1 aliphatic heterocycles. The third-order valence-corrected chi connectivity index (χ3v) is 6.48. The van der Waals surface area contributed by atoms with Gasteiger partial charge in [0.25, 0.3) is 0 Å². The number of thioether (sulfide) groups is 1. The van der Waals surface area contributed by atoms with Gasteiger partial charge in [-0.05, 0) is 51.4 Å². The predicted octanol–water partition coefficient (Wildman–Crippen LogP) is 3.18. The molecule has 0 aromatic carbocycles. The second-order valence-electron chi connectivity index (χ2n) is 6.90. The molecule has 4 nitrogen and oxygen atoms in total. The summed E-state index contributed by atoms with van der Waals surface area (Å²) in [6.45, 7) is 2.04. The fourth-order valence-electron chi connectivity index (χ4n) is 3.73. The molecule has 0 bridgehead atoms. The summed E-state index contributed by atoms with van der Waals surface area (Å²) >= 11 is 2.09. The van der Waals surface area contributed by atoms with Gasteiger partial charge in [0.15, 0.2) is 5.96 Å². The van der Waals surface area contributed by atoms with Crippen molar-refractivity contribution in [3.05, 3.63) is 0 Å². The average molecular weight is 454 g/mol. The van der Waals surface area contributed by atoms with Crippen LogP contribution >= 0.6 is 35.7 Å². The van der Waals surface area contributed by atoms with Gasteiger partial charge in [-0.2, -0.15) is 11.8 Å². The minimum atomic E-state index is 0. The molecule has 0 amide bonds. The summed E-state index contributed by atoms with van der Waals surface area (Å²) in [6, 6.07) is 0.611. The molecule has 1 saturated carbocycles. The number of rotatable bonds is 6. The van der Waals surface area contributed by atoms with E-state index in [-0.39, 0.29) is 24.0 Å². The predicted molar refractivity (Wildman–Crippen MR) is 114 cm³/mol. The Morgan fingerprint density at radius 2 is 1.87 bits per heavy atom. The molecule has 1 saturated heterocycles. The van der Waals surface area contributed by atoms with E-state index in [1.54, 1.807) is 0 Å². The van der Waals surface area contributed by atoms with Crippen LogP contribution in [-0.4, -0.2) is 62.1 Å². The minimum absolute atomic E-state index is 0. The number of nitrogens with zero attached hydrogens (tertiary/aromatic N) is 2. The highest BCUT2D eigenvalue weighted by atomic mass is 127. The van der Waals surface area contributed by atoms with Crippen molar-refractivity contribution in [3.63, 3.8) is 0 Å². The molecule has 2 rings (SSSR count). The van der Waals surface area contributed by atoms with Crippen LogP contribution < -0.4 is 10.6 Å². The molecule has 2 unspecified atom stereocenters. The number of nitrogens with one attached hydrogen (secondary N) is 2. The van der Waals surface area contributed by atoms with Crippen LogP contribution in [0.25, 0.3) is 0 Å². The van der Waals surface area contributed by atoms with E-state index in [1.807, 2.05) is 7.05 Å². The highest BCUT2D eigenvalue weighted by Crippen LogP contribution is 2.28. The van der Waals surface area contributed by atoms with Crippen LogP contribution in [0.1, 0.15) is 44.9 Å². The number of guanidine groups is 1. The second kappa shape index (κ2) is 11.8. The van der Waals surface area contributed by atoms with Crippen LogP contribution in [-0.2, 0) is 0 Å². The lowest BCUT2D eigenvalue weighted by molar-refractivity contribution is 0.171. The van der Waals surface area contributed by atoms with Crippen LogP contribution in [0.4, 0.5) is 0 Å². The van der Waals surface area contributed by atoms with E-state index in [2.05, 4.69) is 46.4 Å². The SMILES string of the molecule is CN=C(NCC1CCCS1)NCC(C1CCCCC1)N(C)C.I. The van der Waals surface area contributed by atoms with E-state index >= 15 is 0 Å². The van der Waals surface area contributed by atoms with E-state index in [0.29, 0.717) is 6.04 Å². The largest absolute Gasteiger partial charge is 0.355 e. The Labute approximate surface area is 164 Å². The van der Waals surface area contributed by atoms with E-state index in [9.17, 15) is 0 Å². The van der Waals surface area contributed by atoms with Gasteiger partial charge in [-0.1, -0.05) is 19.3 Å². The van der Waals surface area contributed by atoms with Gasteiger partial charge in [-0.25, -0.2) is 0 Å². The van der Waals surface area contributed by atoms with Crippen LogP contribution in [0.2, 0.25) is 0 Å². The van der Waals surface area contributed by atoms with Crippen molar-refractivity contribution >= 4 is 41.7 Å². The second-order valence-corrected chi connectivity index (χ2v) is 8.31. The molecule has 0 aromatic heterocycles. The van der Waals surface area contributed by atoms with Gasteiger partial charge in [0.05, 0.1) is 0 Å². The fourth-order valence-corrected chi connectivity index (χ4v) is 4.93. The zero-order valence-electron chi connectivity index (χ0n) is 15.0. The van der Waals surface area contributed by atoms with Crippen LogP contribution in [0, 0.1) is 5.92 Å². The minimum Gasteiger partial charge on any atom is -0.355 e. The number of halogens is 1. The third-order valence-electron chi connectivity index (χ3n) is 5.08. The zero-order chi connectivity index (χ0) is 15.8. The van der Waals surface area contributed by atoms with E-state index in [1.165, 1.54) is 50.7 Å². The molecule has 136 valence electrons. The first-order valence-electron chi connectivity index (χ1n) is 8.93. The molecular weight excluding hydrogens is 419 g/mol. The standard InChI is InChI=1S/C17H34N4S.HI/c1-18-17(19-12-15-10-7-11-22-15)20-13-16(21(2)3)14-8-5-4-6-9-14;/h14-16H,4-13H2,1-3H3,(H2,18,19,20);1H. The van der Waals surface area contributed by atoms with Gasteiger partial charge in [0.2, 0.25) is 0 Å². The van der Waals surface area contributed by atoms with Crippen molar-refractivity contribution in [1.29, 1.82) is 0 Å². The topological polar surface area (TPSA) is 39.7 Å². The maximum atomic E-state index is 4.39. The van der Waals surface area contributed by atoms with Crippen LogP contribution in [0.3, 0.4) is 0 Å². The lowest BCUT2D eigenvalue weighted by atomic mass is 9.83. The van der Waals surface area contributed by atoms with Gasteiger partial charge in [-0.15, -0.1) is 24.0 Å². The number of hydrogen-bond donors (Lipinski definition) is 2. The van der Waals surface area contributed by atoms with E-state index in [0.717, 1.165) is 30.2 Å². The number of likely N-dealkylation sites (N-methyl/N-ethyl adjacent to an activating group) is 1. The lowest BCUT2D eigenvalue weighted by Gasteiger charge is -2.35. The van der Waals surface area contributed by atoms with Crippen molar-refractivity contribution in [1.82, 2.24) is 15.5 Å². The molecule has 1 heterocycles. The molecule has 0 aromatic rings. The molecule has 6 heteroatoms. The lowest BCUT2D eigenvalue weighted by Crippen LogP contribution is -2.49. The average Bonchev–Trinajstić information content (AvgIpc) is 3.04. The smallest absolute Gasteiger partial charge is 0.191 e. The van der Waals surface area contributed by atoms with Crippen molar-refractivity contribution in [2.24, 2.45) is 10.9 Å². The first-order chi connectivity index (χ1) is 10.7. The maximum absolute atomic E-state index is 4.39. The normalized spacial score (nSPS) is 24.3.